The van der Waals surface area contributed by atoms with Crippen molar-refractivity contribution in [2.45, 2.75) is 13.8 Å². The minimum Gasteiger partial charge on any atom is -0.346 e. The van der Waals surface area contributed by atoms with Crippen molar-refractivity contribution in [2.24, 2.45) is 11.8 Å². The average Bonchev–Trinajstić information content (AvgIpc) is 2.61. The summed E-state index contributed by atoms with van der Waals surface area (Å²) in [4.78, 5) is 2.31. The lowest BCUT2D eigenvalue weighted by atomic mass is 10.0. The second-order valence-corrected chi connectivity index (χ2v) is 5.40. The molecule has 1 aliphatic heterocycles. The molecule has 0 aromatic carbocycles. The molecular weight excluding hydrogens is 202 g/mol. The molecule has 0 saturated carbocycles. The van der Waals surface area contributed by atoms with Crippen LogP contribution in [0.1, 0.15) is 13.8 Å². The lowest BCUT2D eigenvalue weighted by Crippen LogP contribution is -2.19. The molecule has 0 amide bonds. The highest BCUT2D eigenvalue weighted by molar-refractivity contribution is 7.73. The number of hydrogen-bond acceptors (Lipinski definition) is 4. The maximum atomic E-state index is 5.00. The van der Waals surface area contributed by atoms with Crippen LogP contribution in [0.5, 0.6) is 0 Å². The molecular formula is C8H13N3S2. The third-order valence-corrected chi connectivity index (χ3v) is 3.84. The Morgan fingerprint density at radius 3 is 2.54 bits per heavy atom. The van der Waals surface area contributed by atoms with Gasteiger partial charge in [0.2, 0.25) is 5.13 Å². The second-order valence-electron chi connectivity index (χ2n) is 3.76. The zero-order valence-electron chi connectivity index (χ0n) is 7.78. The molecule has 1 aromatic rings. The van der Waals surface area contributed by atoms with Gasteiger partial charge in [-0.2, -0.15) is 0 Å². The molecule has 1 fully saturated rings. The van der Waals surface area contributed by atoms with Crippen LogP contribution in [-0.4, -0.2) is 23.3 Å². The van der Waals surface area contributed by atoms with E-state index in [1.165, 1.54) is 0 Å². The SMILES string of the molecule is CC1CN(c2n[nH]c(=S)s2)CC1C. The molecule has 5 heteroatoms. The first-order valence-electron chi connectivity index (χ1n) is 4.47. The van der Waals surface area contributed by atoms with Crippen molar-refractivity contribution < 1.29 is 0 Å². The highest BCUT2D eigenvalue weighted by Crippen LogP contribution is 2.28. The molecule has 2 atom stereocenters. The highest BCUT2D eigenvalue weighted by Gasteiger charge is 2.27. The quantitative estimate of drug-likeness (QED) is 0.729. The van der Waals surface area contributed by atoms with Gasteiger partial charge in [-0.3, -0.25) is 5.10 Å². The number of aromatic amines is 1. The summed E-state index contributed by atoms with van der Waals surface area (Å²) in [5.41, 5.74) is 0. The van der Waals surface area contributed by atoms with Gasteiger partial charge in [0.1, 0.15) is 0 Å². The molecule has 2 unspecified atom stereocenters. The van der Waals surface area contributed by atoms with Crippen LogP contribution in [-0.2, 0) is 0 Å². The Kier molecular flexibility index (Phi) is 2.38. The van der Waals surface area contributed by atoms with E-state index in [1.54, 1.807) is 11.3 Å². The van der Waals surface area contributed by atoms with E-state index >= 15 is 0 Å². The van der Waals surface area contributed by atoms with E-state index in [-0.39, 0.29) is 0 Å². The summed E-state index contributed by atoms with van der Waals surface area (Å²) in [6.45, 7) is 6.79. The predicted molar refractivity (Wildman–Crippen MR) is 57.8 cm³/mol. The number of H-pyrrole nitrogens is 1. The first-order valence-corrected chi connectivity index (χ1v) is 5.69. The molecule has 0 bridgehead atoms. The topological polar surface area (TPSA) is 31.9 Å². The smallest absolute Gasteiger partial charge is 0.206 e. The van der Waals surface area contributed by atoms with Gasteiger partial charge in [-0.05, 0) is 24.1 Å². The Balaban J connectivity index is 2.16. The molecule has 72 valence electrons. The summed E-state index contributed by atoms with van der Waals surface area (Å²) in [5, 5.41) is 8.04. The van der Waals surface area contributed by atoms with E-state index in [0.717, 1.165) is 34.0 Å². The molecule has 2 heterocycles. The summed E-state index contributed by atoms with van der Waals surface area (Å²) in [5.74, 6) is 1.52. The highest BCUT2D eigenvalue weighted by atomic mass is 32.1. The van der Waals surface area contributed by atoms with E-state index < -0.39 is 0 Å². The van der Waals surface area contributed by atoms with Gasteiger partial charge in [0.25, 0.3) is 0 Å². The van der Waals surface area contributed by atoms with Crippen molar-refractivity contribution in [3.05, 3.63) is 3.95 Å². The summed E-state index contributed by atoms with van der Waals surface area (Å²) < 4.78 is 0.766. The minimum absolute atomic E-state index is 0.762. The maximum absolute atomic E-state index is 5.00. The zero-order valence-corrected chi connectivity index (χ0v) is 9.41. The zero-order chi connectivity index (χ0) is 9.42. The van der Waals surface area contributed by atoms with Gasteiger partial charge in [0.05, 0.1) is 0 Å². The number of rotatable bonds is 1. The molecule has 0 radical (unpaired) electrons. The summed E-state index contributed by atoms with van der Waals surface area (Å²) >= 11 is 6.56. The first kappa shape index (κ1) is 9.15. The number of aromatic nitrogens is 2. The standard InChI is InChI=1S/C8H13N3S2/c1-5-3-11(4-6(5)2)7-9-10-8(12)13-7/h5-6H,3-4H2,1-2H3,(H,10,12). The molecule has 1 saturated heterocycles. The van der Waals surface area contributed by atoms with Crippen molar-refractivity contribution in [2.75, 3.05) is 18.0 Å². The Morgan fingerprint density at radius 1 is 1.46 bits per heavy atom. The molecule has 13 heavy (non-hydrogen) atoms. The van der Waals surface area contributed by atoms with Gasteiger partial charge in [-0.15, -0.1) is 5.10 Å². The summed E-state index contributed by atoms with van der Waals surface area (Å²) in [6.07, 6.45) is 0. The van der Waals surface area contributed by atoms with Gasteiger partial charge >= 0.3 is 0 Å². The van der Waals surface area contributed by atoms with E-state index in [4.69, 9.17) is 12.2 Å². The van der Waals surface area contributed by atoms with Crippen molar-refractivity contribution >= 4 is 28.7 Å². The van der Waals surface area contributed by atoms with Gasteiger partial charge in [-0.25, -0.2) is 0 Å². The number of anilines is 1. The van der Waals surface area contributed by atoms with Crippen molar-refractivity contribution in [1.29, 1.82) is 0 Å². The van der Waals surface area contributed by atoms with Crippen LogP contribution in [0.4, 0.5) is 5.13 Å². The largest absolute Gasteiger partial charge is 0.346 e. The average molecular weight is 215 g/mol. The second kappa shape index (κ2) is 3.38. The molecule has 1 aromatic heterocycles. The Morgan fingerprint density at radius 2 is 2.08 bits per heavy atom. The molecule has 1 N–H and O–H groups in total. The van der Waals surface area contributed by atoms with E-state index in [1.807, 2.05) is 0 Å². The van der Waals surface area contributed by atoms with Crippen molar-refractivity contribution in [3.8, 4) is 0 Å². The monoisotopic (exact) mass is 215 g/mol. The van der Waals surface area contributed by atoms with Crippen molar-refractivity contribution in [1.82, 2.24) is 10.2 Å². The van der Waals surface area contributed by atoms with E-state index in [0.29, 0.717) is 0 Å². The van der Waals surface area contributed by atoms with E-state index in [2.05, 4.69) is 28.9 Å². The van der Waals surface area contributed by atoms with Crippen LogP contribution in [0.15, 0.2) is 0 Å². The Labute approximate surface area is 86.8 Å². The van der Waals surface area contributed by atoms with Crippen LogP contribution >= 0.6 is 23.6 Å². The minimum atomic E-state index is 0.762. The maximum Gasteiger partial charge on any atom is 0.206 e. The van der Waals surface area contributed by atoms with Crippen LogP contribution in [0.25, 0.3) is 0 Å². The molecule has 2 rings (SSSR count). The molecule has 0 spiro atoms. The lowest BCUT2D eigenvalue weighted by molar-refractivity contribution is 0.494. The Hall–Kier alpha value is -0.420. The predicted octanol–water partition coefficient (Wildman–Crippen LogP) is 2.29. The normalized spacial score (nSPS) is 28.3. The van der Waals surface area contributed by atoms with Gasteiger partial charge in [-0.1, -0.05) is 25.2 Å². The molecule has 1 aliphatic rings. The first-order chi connectivity index (χ1) is 6.16. The number of nitrogens with one attached hydrogen (secondary N) is 1. The van der Waals surface area contributed by atoms with Gasteiger partial charge < -0.3 is 4.90 Å². The third kappa shape index (κ3) is 1.76. The molecule has 3 nitrogen and oxygen atoms in total. The third-order valence-electron chi connectivity index (χ3n) is 2.69. The van der Waals surface area contributed by atoms with Gasteiger partial charge in [0.15, 0.2) is 3.95 Å². The lowest BCUT2D eigenvalue weighted by Gasteiger charge is -2.12. The molecule has 0 aliphatic carbocycles. The summed E-state index contributed by atoms with van der Waals surface area (Å²) in [7, 11) is 0. The fourth-order valence-electron chi connectivity index (χ4n) is 1.64. The fourth-order valence-corrected chi connectivity index (χ4v) is 2.54. The van der Waals surface area contributed by atoms with Crippen molar-refractivity contribution in [3.63, 3.8) is 0 Å². The van der Waals surface area contributed by atoms with Crippen LogP contribution < -0.4 is 4.90 Å². The van der Waals surface area contributed by atoms with Crippen LogP contribution in [0, 0.1) is 15.8 Å². The summed E-state index contributed by atoms with van der Waals surface area (Å²) in [6, 6.07) is 0. The number of nitrogens with zero attached hydrogens (tertiary/aromatic N) is 2. The van der Waals surface area contributed by atoms with Gasteiger partial charge in [0, 0.05) is 13.1 Å². The van der Waals surface area contributed by atoms with Crippen LogP contribution in [0.3, 0.4) is 0 Å². The van der Waals surface area contributed by atoms with E-state index in [9.17, 15) is 0 Å². The number of hydrogen-bond donors (Lipinski definition) is 1. The Bertz CT molecular complexity index is 333. The fraction of sp³-hybridized carbons (Fsp3) is 0.750. The van der Waals surface area contributed by atoms with Crippen LogP contribution in [0.2, 0.25) is 0 Å².